The molecule has 3 aliphatic rings. The van der Waals surface area contributed by atoms with Gasteiger partial charge < -0.3 is 23.5 Å². The quantitative estimate of drug-likeness (QED) is 0.393. The summed E-state index contributed by atoms with van der Waals surface area (Å²) in [7, 11) is 4.61. The molecule has 4 heterocycles. The maximum Gasteiger partial charge on any atom is 0.342 e. The molecule has 1 aromatic heterocycles. The van der Waals surface area contributed by atoms with Crippen LogP contribution in [-0.4, -0.2) is 56.5 Å². The Hall–Kier alpha value is -3.19. The van der Waals surface area contributed by atoms with E-state index in [0.717, 1.165) is 25.8 Å². The first-order chi connectivity index (χ1) is 18.1. The lowest BCUT2D eigenvalue weighted by atomic mass is 9.63. The summed E-state index contributed by atoms with van der Waals surface area (Å²) in [5.41, 5.74) is 4.76. The van der Waals surface area contributed by atoms with E-state index in [4.69, 9.17) is 18.9 Å². The number of methoxy groups -OCH3 is 3. The zero-order valence-corrected chi connectivity index (χ0v) is 22.2. The van der Waals surface area contributed by atoms with Crippen LogP contribution in [0.1, 0.15) is 66.3 Å². The van der Waals surface area contributed by atoms with Gasteiger partial charge in [0.2, 0.25) is 5.75 Å². The smallest absolute Gasteiger partial charge is 0.342 e. The fourth-order valence-corrected chi connectivity index (χ4v) is 7.49. The topological polar surface area (TPSA) is 62.2 Å². The predicted molar refractivity (Wildman–Crippen MR) is 142 cm³/mol. The van der Waals surface area contributed by atoms with Gasteiger partial charge >= 0.3 is 5.97 Å². The van der Waals surface area contributed by atoms with Crippen molar-refractivity contribution in [2.24, 2.45) is 5.41 Å². The van der Waals surface area contributed by atoms with Crippen LogP contribution in [-0.2, 0) is 11.2 Å². The van der Waals surface area contributed by atoms with E-state index in [1.54, 1.807) is 19.2 Å². The van der Waals surface area contributed by atoms with Crippen molar-refractivity contribution in [3.63, 3.8) is 0 Å². The number of carbonyl (C=O) groups is 1. The van der Waals surface area contributed by atoms with Crippen LogP contribution in [0.4, 0.5) is 0 Å². The van der Waals surface area contributed by atoms with E-state index in [-0.39, 0.29) is 11.5 Å². The highest BCUT2D eigenvalue weighted by Crippen LogP contribution is 2.59. The largest absolute Gasteiger partial charge is 0.493 e. The Kier molecular flexibility index (Phi) is 6.06. The highest BCUT2D eigenvalue weighted by atomic mass is 16.5. The van der Waals surface area contributed by atoms with Crippen molar-refractivity contribution >= 4 is 16.9 Å². The van der Waals surface area contributed by atoms with Gasteiger partial charge in [0, 0.05) is 23.1 Å². The van der Waals surface area contributed by atoms with E-state index in [9.17, 15) is 4.79 Å². The monoisotopic (exact) mass is 504 g/mol. The van der Waals surface area contributed by atoms with Gasteiger partial charge in [-0.1, -0.05) is 25.1 Å². The zero-order chi connectivity index (χ0) is 25.7. The third-order valence-corrected chi connectivity index (χ3v) is 9.07. The zero-order valence-electron chi connectivity index (χ0n) is 22.2. The lowest BCUT2D eigenvalue weighted by molar-refractivity contribution is -0.0445. The molecule has 0 radical (unpaired) electrons. The Morgan fingerprint density at radius 1 is 1.03 bits per heavy atom. The van der Waals surface area contributed by atoms with E-state index >= 15 is 0 Å². The van der Waals surface area contributed by atoms with Crippen LogP contribution >= 0.6 is 0 Å². The predicted octanol–water partition coefficient (Wildman–Crippen LogP) is 5.56. The molecule has 0 spiro atoms. The van der Waals surface area contributed by atoms with Crippen LogP contribution in [0.2, 0.25) is 0 Å². The second-order valence-corrected chi connectivity index (χ2v) is 10.6. The molecule has 0 N–H and O–H groups in total. The number of rotatable bonds is 7. The lowest BCUT2D eigenvalue weighted by Gasteiger charge is -2.56. The number of hydrogen-bond acceptors (Lipinski definition) is 6. The summed E-state index contributed by atoms with van der Waals surface area (Å²) < 4.78 is 25.0. The van der Waals surface area contributed by atoms with Gasteiger partial charge in [0.15, 0.2) is 11.5 Å². The minimum absolute atomic E-state index is 0.0815. The Morgan fingerprint density at radius 2 is 1.84 bits per heavy atom. The number of piperidine rings is 1. The second-order valence-electron chi connectivity index (χ2n) is 10.6. The molecule has 0 unspecified atom stereocenters. The average molecular weight is 505 g/mol. The van der Waals surface area contributed by atoms with Gasteiger partial charge in [-0.3, -0.25) is 4.90 Å². The first kappa shape index (κ1) is 24.2. The first-order valence-corrected chi connectivity index (χ1v) is 13.4. The second kappa shape index (κ2) is 9.28. The molecule has 0 aliphatic carbocycles. The third kappa shape index (κ3) is 3.54. The summed E-state index contributed by atoms with van der Waals surface area (Å²) in [6, 6.07) is 12.7. The molecule has 0 saturated carbocycles. The molecule has 3 aromatic rings. The van der Waals surface area contributed by atoms with Crippen molar-refractivity contribution < 1.29 is 23.7 Å². The first-order valence-electron chi connectivity index (χ1n) is 13.4. The summed E-state index contributed by atoms with van der Waals surface area (Å²) >= 11 is 0. The number of para-hydroxylation sites is 1. The number of carbonyl (C=O) groups excluding carboxylic acids is 1. The molecular formula is C30H36N2O5. The minimum Gasteiger partial charge on any atom is -0.493 e. The highest BCUT2D eigenvalue weighted by Gasteiger charge is 2.53. The van der Waals surface area contributed by atoms with Gasteiger partial charge in [0.25, 0.3) is 0 Å². The maximum atomic E-state index is 13.4. The van der Waals surface area contributed by atoms with Crippen molar-refractivity contribution in [1.82, 2.24) is 9.47 Å². The molecule has 37 heavy (non-hydrogen) atoms. The van der Waals surface area contributed by atoms with Gasteiger partial charge in [-0.25, -0.2) is 4.79 Å². The highest BCUT2D eigenvalue weighted by molar-refractivity contribution is 5.94. The lowest BCUT2D eigenvalue weighted by Crippen LogP contribution is -2.53. The van der Waals surface area contributed by atoms with Crippen molar-refractivity contribution in [3.8, 4) is 17.2 Å². The molecule has 2 aromatic carbocycles. The normalized spacial score (nSPS) is 24.4. The van der Waals surface area contributed by atoms with E-state index in [1.807, 2.05) is 0 Å². The van der Waals surface area contributed by atoms with Gasteiger partial charge in [0.1, 0.15) is 12.2 Å². The summed E-state index contributed by atoms with van der Waals surface area (Å²) in [6.45, 7) is 4.96. The summed E-state index contributed by atoms with van der Waals surface area (Å²) in [5.74, 6) is 0.803. The molecule has 3 aliphatic heterocycles. The van der Waals surface area contributed by atoms with Crippen molar-refractivity contribution in [1.29, 1.82) is 0 Å². The summed E-state index contributed by atoms with van der Waals surface area (Å²) in [4.78, 5) is 16.1. The van der Waals surface area contributed by atoms with Crippen LogP contribution in [0.5, 0.6) is 17.2 Å². The molecule has 7 heteroatoms. The third-order valence-electron chi connectivity index (χ3n) is 9.07. The standard InChI is InChI=1S/C30H36N2O5/c1-5-30-14-8-15-31-16-13-21-20-9-6-7-10-23(20)32(25(21)28(30)31)19(17-30)18-37-29(33)22-11-12-24(34-2)27(36-4)26(22)35-3/h6-7,9-12,19,28H,5,8,13-18H2,1-4H3/t19-,28-,30-/m1/s1. The number of ether oxygens (including phenoxy) is 4. The van der Waals surface area contributed by atoms with Gasteiger partial charge in [0.05, 0.1) is 33.4 Å². The fraction of sp³-hybridized carbons (Fsp3) is 0.500. The number of benzene rings is 2. The summed E-state index contributed by atoms with van der Waals surface area (Å²) in [5, 5.41) is 1.35. The number of aromatic nitrogens is 1. The number of esters is 1. The Bertz CT molecular complexity index is 1350. The molecule has 1 fully saturated rings. The summed E-state index contributed by atoms with van der Waals surface area (Å²) in [6.07, 6.45) is 5.67. The maximum absolute atomic E-state index is 13.4. The molecule has 0 bridgehead atoms. The van der Waals surface area contributed by atoms with E-state index in [2.05, 4.69) is 40.7 Å². The molecule has 6 rings (SSSR count). The van der Waals surface area contributed by atoms with Gasteiger partial charge in [-0.05, 0) is 67.8 Å². The molecule has 0 amide bonds. The van der Waals surface area contributed by atoms with Crippen molar-refractivity contribution in [2.45, 2.75) is 51.1 Å². The van der Waals surface area contributed by atoms with Crippen LogP contribution in [0, 0.1) is 5.41 Å². The molecule has 3 atom stereocenters. The molecule has 7 nitrogen and oxygen atoms in total. The fourth-order valence-electron chi connectivity index (χ4n) is 7.49. The van der Waals surface area contributed by atoms with Gasteiger partial charge in [-0.15, -0.1) is 0 Å². The van der Waals surface area contributed by atoms with E-state index in [1.165, 1.54) is 55.8 Å². The Balaban J connectivity index is 1.39. The average Bonchev–Trinajstić information content (AvgIpc) is 3.29. The number of hydrogen-bond donors (Lipinski definition) is 0. The van der Waals surface area contributed by atoms with Crippen LogP contribution in [0.15, 0.2) is 36.4 Å². The van der Waals surface area contributed by atoms with Crippen LogP contribution < -0.4 is 14.2 Å². The molecular weight excluding hydrogens is 468 g/mol. The number of fused-ring (bicyclic) bond motifs is 3. The van der Waals surface area contributed by atoms with Crippen LogP contribution in [0.25, 0.3) is 10.9 Å². The molecule has 196 valence electrons. The van der Waals surface area contributed by atoms with E-state index < -0.39 is 5.97 Å². The van der Waals surface area contributed by atoms with Gasteiger partial charge in [-0.2, -0.15) is 0 Å². The Morgan fingerprint density at radius 3 is 2.59 bits per heavy atom. The molecule has 1 saturated heterocycles. The number of nitrogens with zero attached hydrogens (tertiary/aromatic N) is 2. The van der Waals surface area contributed by atoms with Crippen LogP contribution in [0.3, 0.4) is 0 Å². The Labute approximate surface area is 218 Å². The van der Waals surface area contributed by atoms with Crippen molar-refractivity contribution in [3.05, 3.63) is 53.2 Å². The minimum atomic E-state index is -0.416. The van der Waals surface area contributed by atoms with E-state index in [0.29, 0.717) is 35.5 Å². The van der Waals surface area contributed by atoms with Crippen molar-refractivity contribution in [2.75, 3.05) is 41.0 Å². The SMILES string of the molecule is CC[C@@]12CCCN3CCc4c(n(c5ccccc45)[C@@H](COC(=O)c4ccc(OC)c(OC)c4OC)C1)[C@@H]32.